The van der Waals surface area contributed by atoms with Gasteiger partial charge in [-0.2, -0.15) is 0 Å². The van der Waals surface area contributed by atoms with Crippen LogP contribution in [0.15, 0.2) is 18.6 Å². The average molecular weight is 220 g/mol. The predicted octanol–water partition coefficient (Wildman–Crippen LogP) is 1.35. The molecule has 0 aromatic carbocycles. The molecule has 1 aromatic heterocycles. The van der Waals surface area contributed by atoms with E-state index in [0.717, 1.165) is 18.8 Å². The number of likely N-dealkylation sites (tertiary alicyclic amines) is 1. The molecule has 2 heterocycles. The van der Waals surface area contributed by atoms with Crippen LogP contribution in [0.4, 0.5) is 0 Å². The van der Waals surface area contributed by atoms with E-state index in [4.69, 9.17) is 5.73 Å². The molecule has 0 bridgehead atoms. The summed E-state index contributed by atoms with van der Waals surface area (Å²) in [4.78, 5) is 11.0. The maximum absolute atomic E-state index is 5.83. The van der Waals surface area contributed by atoms with Crippen molar-refractivity contribution in [2.75, 3.05) is 13.1 Å². The Labute approximate surface area is 96.9 Å². The molecule has 0 saturated carbocycles. The highest BCUT2D eigenvalue weighted by Crippen LogP contribution is 2.26. The Morgan fingerprint density at radius 2 is 2.38 bits per heavy atom. The number of nitrogens with two attached hydrogens (primary N) is 1. The lowest BCUT2D eigenvalue weighted by molar-refractivity contribution is 0.105. The van der Waals surface area contributed by atoms with E-state index in [1.54, 1.807) is 12.4 Å². The Bertz CT molecular complexity index is 314. The van der Waals surface area contributed by atoms with Gasteiger partial charge >= 0.3 is 0 Å². The van der Waals surface area contributed by atoms with Crippen LogP contribution in [0.2, 0.25) is 0 Å². The van der Waals surface area contributed by atoms with Crippen molar-refractivity contribution in [3.8, 4) is 0 Å². The highest BCUT2D eigenvalue weighted by molar-refractivity contribution is 5.02. The summed E-state index contributed by atoms with van der Waals surface area (Å²) in [6.07, 6.45) is 9.10. The van der Waals surface area contributed by atoms with Gasteiger partial charge in [0.1, 0.15) is 0 Å². The lowest BCUT2D eigenvalue weighted by Gasteiger charge is -2.38. The Hall–Kier alpha value is -1.00. The van der Waals surface area contributed by atoms with Crippen LogP contribution in [0.1, 0.15) is 37.9 Å². The molecule has 4 heteroatoms. The van der Waals surface area contributed by atoms with Gasteiger partial charge in [-0.15, -0.1) is 0 Å². The smallest absolute Gasteiger partial charge is 0.0755 e. The van der Waals surface area contributed by atoms with Gasteiger partial charge in [0.05, 0.1) is 11.7 Å². The first-order chi connectivity index (χ1) is 7.83. The van der Waals surface area contributed by atoms with Crippen molar-refractivity contribution in [2.24, 2.45) is 5.73 Å². The monoisotopic (exact) mass is 220 g/mol. The maximum Gasteiger partial charge on any atom is 0.0755 e. The van der Waals surface area contributed by atoms with Gasteiger partial charge in [-0.05, 0) is 26.3 Å². The first-order valence-corrected chi connectivity index (χ1v) is 6.04. The third kappa shape index (κ3) is 2.39. The van der Waals surface area contributed by atoms with Gasteiger partial charge in [-0.1, -0.05) is 6.42 Å². The maximum atomic E-state index is 5.83. The zero-order valence-electron chi connectivity index (χ0n) is 9.84. The van der Waals surface area contributed by atoms with Crippen molar-refractivity contribution in [1.29, 1.82) is 0 Å². The lowest BCUT2D eigenvalue weighted by Crippen LogP contribution is -2.45. The first kappa shape index (κ1) is 11.5. The van der Waals surface area contributed by atoms with Gasteiger partial charge in [0.15, 0.2) is 0 Å². The van der Waals surface area contributed by atoms with Crippen LogP contribution in [0.3, 0.4) is 0 Å². The second-order valence-electron chi connectivity index (χ2n) is 4.43. The molecule has 0 spiro atoms. The summed E-state index contributed by atoms with van der Waals surface area (Å²) in [5.74, 6) is 0. The van der Waals surface area contributed by atoms with Gasteiger partial charge in [0.25, 0.3) is 0 Å². The molecule has 88 valence electrons. The number of rotatable bonds is 3. The SMILES string of the molecule is C[C@@H](c1cnccn1)N1CCCC[C@H]1CN. The Balaban J connectivity index is 2.10. The number of aromatic nitrogens is 2. The summed E-state index contributed by atoms with van der Waals surface area (Å²) in [6.45, 7) is 4.06. The number of hydrogen-bond acceptors (Lipinski definition) is 4. The minimum absolute atomic E-state index is 0.322. The van der Waals surface area contributed by atoms with Gasteiger partial charge in [-0.3, -0.25) is 14.9 Å². The summed E-state index contributed by atoms with van der Waals surface area (Å²) < 4.78 is 0. The van der Waals surface area contributed by atoms with Gasteiger partial charge in [0.2, 0.25) is 0 Å². The van der Waals surface area contributed by atoms with E-state index < -0.39 is 0 Å². The third-order valence-electron chi connectivity index (χ3n) is 3.45. The fraction of sp³-hybridized carbons (Fsp3) is 0.667. The van der Waals surface area contributed by atoms with Gasteiger partial charge in [-0.25, -0.2) is 0 Å². The zero-order valence-corrected chi connectivity index (χ0v) is 9.84. The average Bonchev–Trinajstić information content (AvgIpc) is 2.39. The van der Waals surface area contributed by atoms with E-state index in [0.29, 0.717) is 12.1 Å². The first-order valence-electron chi connectivity index (χ1n) is 6.04. The topological polar surface area (TPSA) is 55.0 Å². The molecule has 2 atom stereocenters. The van der Waals surface area contributed by atoms with Crippen molar-refractivity contribution in [1.82, 2.24) is 14.9 Å². The Morgan fingerprint density at radius 1 is 1.50 bits per heavy atom. The van der Waals surface area contributed by atoms with Crippen molar-refractivity contribution in [3.05, 3.63) is 24.3 Å². The number of nitrogens with zero attached hydrogens (tertiary/aromatic N) is 3. The predicted molar refractivity (Wildman–Crippen MR) is 63.8 cm³/mol. The van der Waals surface area contributed by atoms with Crippen LogP contribution in [0.25, 0.3) is 0 Å². The lowest BCUT2D eigenvalue weighted by atomic mass is 9.99. The van der Waals surface area contributed by atoms with E-state index >= 15 is 0 Å². The molecule has 1 aromatic rings. The minimum atomic E-state index is 0.322. The van der Waals surface area contributed by atoms with Crippen LogP contribution in [-0.4, -0.2) is 34.0 Å². The molecule has 16 heavy (non-hydrogen) atoms. The second kappa shape index (κ2) is 5.37. The van der Waals surface area contributed by atoms with Crippen molar-refractivity contribution < 1.29 is 0 Å². The number of piperidine rings is 1. The molecule has 0 unspecified atom stereocenters. The summed E-state index contributed by atoms with van der Waals surface area (Å²) in [6, 6.07) is 0.827. The summed E-state index contributed by atoms with van der Waals surface area (Å²) >= 11 is 0. The van der Waals surface area contributed by atoms with Crippen LogP contribution in [0, 0.1) is 0 Å². The van der Waals surface area contributed by atoms with Crippen LogP contribution in [-0.2, 0) is 0 Å². The molecule has 0 amide bonds. The highest BCUT2D eigenvalue weighted by atomic mass is 15.2. The molecule has 2 rings (SSSR count). The summed E-state index contributed by atoms with van der Waals surface area (Å²) in [7, 11) is 0. The van der Waals surface area contributed by atoms with E-state index in [1.165, 1.54) is 19.3 Å². The molecular weight excluding hydrogens is 200 g/mol. The number of hydrogen-bond donors (Lipinski definition) is 1. The van der Waals surface area contributed by atoms with Gasteiger partial charge < -0.3 is 5.73 Å². The quantitative estimate of drug-likeness (QED) is 0.835. The standard InChI is InChI=1S/C12H20N4/c1-10(12-9-14-5-6-15-12)16-7-3-2-4-11(16)8-13/h5-6,9-11H,2-4,7-8,13H2,1H3/t10-,11-/m0/s1. The van der Waals surface area contributed by atoms with Crippen LogP contribution in [0.5, 0.6) is 0 Å². The summed E-state index contributed by atoms with van der Waals surface area (Å²) in [5, 5.41) is 0. The molecule has 2 N–H and O–H groups in total. The Morgan fingerprint density at radius 3 is 3.06 bits per heavy atom. The van der Waals surface area contributed by atoms with Crippen molar-refractivity contribution >= 4 is 0 Å². The molecule has 1 fully saturated rings. The molecule has 1 saturated heterocycles. The summed E-state index contributed by atoms with van der Waals surface area (Å²) in [5.41, 5.74) is 6.88. The Kier molecular flexibility index (Phi) is 3.85. The highest BCUT2D eigenvalue weighted by Gasteiger charge is 2.26. The van der Waals surface area contributed by atoms with E-state index in [9.17, 15) is 0 Å². The molecule has 0 radical (unpaired) electrons. The van der Waals surface area contributed by atoms with E-state index in [-0.39, 0.29) is 0 Å². The molecule has 0 aliphatic carbocycles. The van der Waals surface area contributed by atoms with Gasteiger partial charge in [0, 0.05) is 31.2 Å². The van der Waals surface area contributed by atoms with Crippen molar-refractivity contribution in [3.63, 3.8) is 0 Å². The second-order valence-corrected chi connectivity index (χ2v) is 4.43. The largest absolute Gasteiger partial charge is 0.329 e. The third-order valence-corrected chi connectivity index (χ3v) is 3.45. The molecule has 4 nitrogen and oxygen atoms in total. The van der Waals surface area contributed by atoms with E-state index in [1.807, 2.05) is 6.20 Å². The fourth-order valence-corrected chi connectivity index (χ4v) is 2.48. The molecule has 1 aliphatic rings. The van der Waals surface area contributed by atoms with E-state index in [2.05, 4.69) is 21.8 Å². The molecular formula is C12H20N4. The van der Waals surface area contributed by atoms with Crippen LogP contribution >= 0.6 is 0 Å². The van der Waals surface area contributed by atoms with Crippen molar-refractivity contribution in [2.45, 2.75) is 38.3 Å². The molecule has 1 aliphatic heterocycles. The normalized spacial score (nSPS) is 24.2. The fourth-order valence-electron chi connectivity index (χ4n) is 2.48. The zero-order chi connectivity index (χ0) is 11.4. The minimum Gasteiger partial charge on any atom is -0.329 e. The van der Waals surface area contributed by atoms with Crippen LogP contribution < -0.4 is 5.73 Å².